The molecule has 0 unspecified atom stereocenters. The molecule has 210 valence electrons. The maximum absolute atomic E-state index is 12.3. The monoisotopic (exact) mass is 495 g/mol. The van der Waals surface area contributed by atoms with Crippen molar-refractivity contribution in [1.82, 2.24) is 0 Å². The molecule has 0 spiro atoms. The van der Waals surface area contributed by atoms with Gasteiger partial charge in [-0.05, 0) is 25.7 Å². The van der Waals surface area contributed by atoms with Crippen LogP contribution < -0.4 is 5.11 Å². The summed E-state index contributed by atoms with van der Waals surface area (Å²) in [7, 11) is 4.15. The van der Waals surface area contributed by atoms with Crippen LogP contribution in [0.3, 0.4) is 0 Å². The third-order valence-electron chi connectivity index (χ3n) is 7.44. The van der Waals surface area contributed by atoms with E-state index in [1.165, 1.54) is 154 Å². The molecule has 0 amide bonds. The fourth-order valence-electron chi connectivity index (χ4n) is 5.04. The first-order valence-corrected chi connectivity index (χ1v) is 16.1. The SMILES string of the molecule is CCCCCCCCCCCCCCCCCCC/C([O-])=N/[N+](C)(C)CCCCCCCCCC. The van der Waals surface area contributed by atoms with Gasteiger partial charge in [0, 0.05) is 5.90 Å². The van der Waals surface area contributed by atoms with Gasteiger partial charge in [-0.15, -0.1) is 5.10 Å². The van der Waals surface area contributed by atoms with E-state index in [0.29, 0.717) is 11.0 Å². The van der Waals surface area contributed by atoms with Crippen molar-refractivity contribution in [2.24, 2.45) is 5.10 Å². The minimum absolute atomic E-state index is 0.107. The Kier molecular flexibility index (Phi) is 26.1. The lowest BCUT2D eigenvalue weighted by Crippen LogP contribution is -2.38. The van der Waals surface area contributed by atoms with E-state index >= 15 is 0 Å². The predicted molar refractivity (Wildman–Crippen MR) is 156 cm³/mol. The van der Waals surface area contributed by atoms with Gasteiger partial charge < -0.3 is 5.11 Å². The first kappa shape index (κ1) is 34.4. The van der Waals surface area contributed by atoms with Crippen LogP contribution >= 0.6 is 0 Å². The molecule has 0 aliphatic heterocycles. The van der Waals surface area contributed by atoms with Crippen LogP contribution in [0.2, 0.25) is 0 Å². The summed E-state index contributed by atoms with van der Waals surface area (Å²) >= 11 is 0. The molecule has 0 rings (SSSR count). The Labute approximate surface area is 222 Å². The molecular formula is C32H66N2O. The van der Waals surface area contributed by atoms with E-state index in [4.69, 9.17) is 0 Å². The molecule has 0 aliphatic carbocycles. The number of rotatable bonds is 28. The maximum Gasteiger partial charge on any atom is 0.103 e. The van der Waals surface area contributed by atoms with Crippen molar-refractivity contribution in [3.63, 3.8) is 0 Å². The molecule has 0 radical (unpaired) electrons. The van der Waals surface area contributed by atoms with Gasteiger partial charge in [0.2, 0.25) is 0 Å². The minimum Gasteiger partial charge on any atom is -0.858 e. The lowest BCUT2D eigenvalue weighted by molar-refractivity contribution is -0.898. The summed E-state index contributed by atoms with van der Waals surface area (Å²) in [4.78, 5) is 0. The van der Waals surface area contributed by atoms with E-state index in [1.807, 2.05) is 0 Å². The molecule has 0 bridgehead atoms. The van der Waals surface area contributed by atoms with E-state index in [2.05, 4.69) is 33.0 Å². The summed E-state index contributed by atoms with van der Waals surface area (Å²) < 4.78 is 0.508. The zero-order valence-electron chi connectivity index (χ0n) is 24.9. The lowest BCUT2D eigenvalue weighted by atomic mass is 10.0. The van der Waals surface area contributed by atoms with Gasteiger partial charge in [-0.25, -0.2) is 4.59 Å². The zero-order chi connectivity index (χ0) is 25.9. The highest BCUT2D eigenvalue weighted by Crippen LogP contribution is 2.15. The molecule has 0 aromatic rings. The summed E-state index contributed by atoms with van der Waals surface area (Å²) in [5.74, 6) is 0.107. The van der Waals surface area contributed by atoms with Crippen LogP contribution in [-0.4, -0.2) is 31.1 Å². The largest absolute Gasteiger partial charge is 0.858 e. The highest BCUT2D eigenvalue weighted by molar-refractivity contribution is 5.70. The van der Waals surface area contributed by atoms with Crippen molar-refractivity contribution in [2.45, 2.75) is 181 Å². The highest BCUT2D eigenvalue weighted by atomic mass is 16.3. The summed E-state index contributed by atoms with van der Waals surface area (Å²) in [5.41, 5.74) is 0. The van der Waals surface area contributed by atoms with Crippen LogP contribution in [0, 0.1) is 0 Å². The van der Waals surface area contributed by atoms with Crippen molar-refractivity contribution in [1.29, 1.82) is 0 Å². The molecular weight excluding hydrogens is 428 g/mol. The molecule has 0 aliphatic rings. The second-order valence-corrected chi connectivity index (χ2v) is 11.7. The number of hydrogen-bond donors (Lipinski definition) is 0. The Morgan fingerprint density at radius 3 is 1.09 bits per heavy atom. The second kappa shape index (κ2) is 26.5. The van der Waals surface area contributed by atoms with Gasteiger partial charge in [0.15, 0.2) is 0 Å². The van der Waals surface area contributed by atoms with Gasteiger partial charge in [-0.2, -0.15) is 0 Å². The van der Waals surface area contributed by atoms with Crippen molar-refractivity contribution in [2.75, 3.05) is 20.6 Å². The van der Waals surface area contributed by atoms with Crippen molar-refractivity contribution in [3.8, 4) is 0 Å². The van der Waals surface area contributed by atoms with E-state index < -0.39 is 0 Å². The second-order valence-electron chi connectivity index (χ2n) is 11.7. The van der Waals surface area contributed by atoms with E-state index in [1.54, 1.807) is 0 Å². The maximum atomic E-state index is 12.3. The van der Waals surface area contributed by atoms with E-state index in [9.17, 15) is 5.11 Å². The normalized spacial score (nSPS) is 12.5. The van der Waals surface area contributed by atoms with E-state index in [-0.39, 0.29) is 5.90 Å². The van der Waals surface area contributed by atoms with Crippen LogP contribution in [0.1, 0.15) is 181 Å². The average molecular weight is 495 g/mol. The Balaban J connectivity index is 3.46. The summed E-state index contributed by atoms with van der Waals surface area (Å²) in [6.07, 6.45) is 34.6. The quantitative estimate of drug-likeness (QED) is 0.0350. The third-order valence-corrected chi connectivity index (χ3v) is 7.44. The molecule has 35 heavy (non-hydrogen) atoms. The van der Waals surface area contributed by atoms with Crippen LogP contribution in [0.15, 0.2) is 5.10 Å². The highest BCUT2D eigenvalue weighted by Gasteiger charge is 2.12. The molecule has 0 atom stereocenters. The van der Waals surface area contributed by atoms with Crippen LogP contribution in [0.25, 0.3) is 0 Å². The van der Waals surface area contributed by atoms with Crippen molar-refractivity contribution < 1.29 is 9.70 Å². The van der Waals surface area contributed by atoms with Gasteiger partial charge in [0.1, 0.15) is 6.54 Å². The van der Waals surface area contributed by atoms with Gasteiger partial charge >= 0.3 is 0 Å². The number of quaternary nitrogens is 1. The Morgan fingerprint density at radius 1 is 0.457 bits per heavy atom. The average Bonchev–Trinajstić information content (AvgIpc) is 2.82. The topological polar surface area (TPSA) is 35.4 Å². The smallest absolute Gasteiger partial charge is 0.103 e. The van der Waals surface area contributed by atoms with Crippen molar-refractivity contribution >= 4 is 5.90 Å². The third kappa shape index (κ3) is 27.9. The number of hydrogen-bond acceptors (Lipinski definition) is 2. The number of unbranched alkanes of at least 4 members (excludes halogenated alkanes) is 23. The van der Waals surface area contributed by atoms with Gasteiger partial charge in [-0.1, -0.05) is 155 Å². The zero-order valence-corrected chi connectivity index (χ0v) is 24.9. The molecule has 0 aromatic carbocycles. The summed E-state index contributed by atoms with van der Waals surface area (Å²) in [5, 5.41) is 16.7. The molecule has 0 N–H and O–H groups in total. The Hall–Kier alpha value is -0.570. The van der Waals surface area contributed by atoms with E-state index in [0.717, 1.165) is 13.0 Å². The molecule has 0 fully saturated rings. The predicted octanol–water partition coefficient (Wildman–Crippen LogP) is 9.92. The lowest BCUT2D eigenvalue weighted by Gasteiger charge is -2.25. The molecule has 0 saturated carbocycles. The van der Waals surface area contributed by atoms with Gasteiger partial charge in [-0.3, -0.25) is 0 Å². The standard InChI is InChI=1S/C32H66N2O/c1-5-7-9-11-13-15-16-17-18-19-20-21-22-23-24-26-28-30-32(35)33-34(3,4)31-29-27-25-14-12-10-8-6-2/h5-31H2,1-4H3. The molecule has 0 saturated heterocycles. The minimum atomic E-state index is 0.107. The Morgan fingerprint density at radius 2 is 0.743 bits per heavy atom. The van der Waals surface area contributed by atoms with Gasteiger partial charge in [0.05, 0.1) is 14.1 Å². The summed E-state index contributed by atoms with van der Waals surface area (Å²) in [6.45, 7) is 5.55. The number of nitrogens with zero attached hydrogens (tertiary/aromatic N) is 2. The molecule has 3 heteroatoms. The van der Waals surface area contributed by atoms with Crippen LogP contribution in [0.4, 0.5) is 0 Å². The molecule has 0 heterocycles. The Bertz CT molecular complexity index is 447. The van der Waals surface area contributed by atoms with Crippen LogP contribution in [-0.2, 0) is 0 Å². The molecule has 3 nitrogen and oxygen atoms in total. The van der Waals surface area contributed by atoms with Crippen molar-refractivity contribution in [3.05, 3.63) is 0 Å². The van der Waals surface area contributed by atoms with Gasteiger partial charge in [0.25, 0.3) is 0 Å². The fraction of sp³-hybridized carbons (Fsp3) is 0.969. The first-order valence-electron chi connectivity index (χ1n) is 16.1. The fourth-order valence-corrected chi connectivity index (χ4v) is 5.04. The first-order chi connectivity index (χ1) is 17.0. The summed E-state index contributed by atoms with van der Waals surface area (Å²) in [6, 6.07) is 0. The molecule has 0 aromatic heterocycles. The van der Waals surface area contributed by atoms with Crippen LogP contribution in [0.5, 0.6) is 0 Å².